The molecular formula is C26H25F2N3O6. The molecule has 2 aromatic carbocycles. The summed E-state index contributed by atoms with van der Waals surface area (Å²) in [6.07, 6.45) is -2.87. The van der Waals surface area contributed by atoms with E-state index in [1.165, 1.54) is 0 Å². The summed E-state index contributed by atoms with van der Waals surface area (Å²) in [5.41, 5.74) is 3.10. The second-order valence-electron chi connectivity index (χ2n) is 9.54. The lowest BCUT2D eigenvalue weighted by atomic mass is 9.60. The first-order chi connectivity index (χ1) is 17.8. The molecule has 2 aromatic rings. The van der Waals surface area contributed by atoms with E-state index in [0.29, 0.717) is 23.1 Å². The number of ether oxygens (including phenoxy) is 1. The van der Waals surface area contributed by atoms with Crippen molar-refractivity contribution in [2.24, 2.45) is 28.8 Å². The number of carbonyl (C=O) groups is 3. The van der Waals surface area contributed by atoms with Gasteiger partial charge < -0.3 is 14.9 Å². The van der Waals surface area contributed by atoms with E-state index < -0.39 is 65.4 Å². The van der Waals surface area contributed by atoms with E-state index in [1.54, 1.807) is 12.1 Å². The zero-order chi connectivity index (χ0) is 26.3. The highest BCUT2D eigenvalue weighted by molar-refractivity contribution is 6.22. The Hall–Kier alpha value is -3.70. The first-order valence-electron chi connectivity index (χ1n) is 12.0. The number of benzene rings is 2. The third-order valence-corrected chi connectivity index (χ3v) is 7.43. The Labute approximate surface area is 210 Å². The molecule has 3 fully saturated rings. The number of nitrogens with zero attached hydrogens (tertiary/aromatic N) is 2. The number of rotatable bonds is 4. The summed E-state index contributed by atoms with van der Waals surface area (Å²) in [6, 6.07) is 11.6. The normalized spacial score (nSPS) is 30.2. The van der Waals surface area contributed by atoms with Crippen molar-refractivity contribution in [2.75, 3.05) is 4.90 Å². The SMILES string of the molecule is O=C(NN=C1C[C@@H](O)[C@@H](O)[C@@H]2[C@@H]3C(=O)N(c4ccc(F)cc4F)C(=O)[C@@H]3CC[C@H]12)OCc1ccccc1. The Morgan fingerprint density at radius 1 is 1.05 bits per heavy atom. The molecule has 0 aromatic heterocycles. The van der Waals surface area contributed by atoms with Gasteiger partial charge in [-0.15, -0.1) is 0 Å². The molecule has 0 unspecified atom stereocenters. The molecule has 2 saturated carbocycles. The zero-order valence-electron chi connectivity index (χ0n) is 19.6. The van der Waals surface area contributed by atoms with Gasteiger partial charge in [0, 0.05) is 30.0 Å². The number of halogens is 2. The molecule has 0 spiro atoms. The van der Waals surface area contributed by atoms with Crippen LogP contribution in [0.5, 0.6) is 0 Å². The van der Waals surface area contributed by atoms with E-state index in [-0.39, 0.29) is 25.1 Å². The van der Waals surface area contributed by atoms with Gasteiger partial charge in [-0.1, -0.05) is 30.3 Å². The second-order valence-corrected chi connectivity index (χ2v) is 9.54. The minimum Gasteiger partial charge on any atom is -0.443 e. The van der Waals surface area contributed by atoms with Crippen LogP contribution in [-0.4, -0.2) is 46.0 Å². The van der Waals surface area contributed by atoms with E-state index in [9.17, 15) is 33.4 Å². The third kappa shape index (κ3) is 4.60. The Morgan fingerprint density at radius 2 is 1.78 bits per heavy atom. The number of hydrazone groups is 1. The summed E-state index contributed by atoms with van der Waals surface area (Å²) in [4.78, 5) is 39.4. The van der Waals surface area contributed by atoms with Crippen molar-refractivity contribution in [3.63, 3.8) is 0 Å². The molecule has 5 rings (SSSR count). The van der Waals surface area contributed by atoms with Gasteiger partial charge in [0.1, 0.15) is 18.2 Å². The number of anilines is 1. The lowest BCUT2D eigenvalue weighted by Gasteiger charge is -2.45. The van der Waals surface area contributed by atoms with Gasteiger partial charge in [-0.2, -0.15) is 5.10 Å². The molecule has 0 radical (unpaired) electrons. The number of imide groups is 1. The van der Waals surface area contributed by atoms with Crippen molar-refractivity contribution in [2.45, 2.75) is 38.1 Å². The molecule has 11 heteroatoms. The average Bonchev–Trinajstić information content (AvgIpc) is 3.14. The third-order valence-electron chi connectivity index (χ3n) is 7.43. The maximum Gasteiger partial charge on any atom is 0.428 e. The van der Waals surface area contributed by atoms with Crippen LogP contribution >= 0.6 is 0 Å². The summed E-state index contributed by atoms with van der Waals surface area (Å²) in [5, 5.41) is 25.5. The van der Waals surface area contributed by atoms with Crippen molar-refractivity contribution in [1.29, 1.82) is 0 Å². The van der Waals surface area contributed by atoms with Crippen molar-refractivity contribution in [3.8, 4) is 0 Å². The van der Waals surface area contributed by atoms with Gasteiger partial charge in [-0.05, 0) is 30.5 Å². The number of fused-ring (bicyclic) bond motifs is 3. The number of hydrogen-bond acceptors (Lipinski definition) is 7. The van der Waals surface area contributed by atoms with Gasteiger partial charge in [-0.3, -0.25) is 9.59 Å². The van der Waals surface area contributed by atoms with Gasteiger partial charge in [0.05, 0.1) is 29.7 Å². The maximum atomic E-state index is 14.5. The number of carbonyl (C=O) groups excluding carboxylic acids is 3. The number of hydrogen-bond donors (Lipinski definition) is 3. The van der Waals surface area contributed by atoms with Crippen LogP contribution in [0.15, 0.2) is 53.6 Å². The fourth-order valence-corrected chi connectivity index (χ4v) is 5.77. The molecule has 1 saturated heterocycles. The summed E-state index contributed by atoms with van der Waals surface area (Å²) in [7, 11) is 0. The summed E-state index contributed by atoms with van der Waals surface area (Å²) < 4.78 is 33.0. The number of aliphatic hydroxyl groups excluding tert-OH is 2. The van der Waals surface area contributed by atoms with Gasteiger partial charge in [0.25, 0.3) is 0 Å². The van der Waals surface area contributed by atoms with E-state index >= 15 is 0 Å². The van der Waals surface area contributed by atoms with Crippen molar-refractivity contribution in [3.05, 3.63) is 65.7 Å². The molecule has 1 heterocycles. The Morgan fingerprint density at radius 3 is 2.51 bits per heavy atom. The monoisotopic (exact) mass is 513 g/mol. The van der Waals surface area contributed by atoms with Crippen LogP contribution in [0.3, 0.4) is 0 Å². The Balaban J connectivity index is 1.35. The van der Waals surface area contributed by atoms with Gasteiger partial charge in [0.15, 0.2) is 0 Å². The fraction of sp³-hybridized carbons (Fsp3) is 0.385. The standard InChI is InChI=1S/C26H25F2N3O6/c27-14-6-9-19(17(28)10-14)31-24(34)16-8-7-15-18(11-20(32)23(33)21(15)22(16)25(31)35)29-30-26(36)37-12-13-4-2-1-3-5-13/h1-6,9-10,15-16,20-23,32-33H,7-8,11-12H2,(H,30,36)/t15-,16-,20-,21+,22-,23-/m1/s1. The molecule has 9 nitrogen and oxygen atoms in total. The zero-order valence-corrected chi connectivity index (χ0v) is 19.6. The van der Waals surface area contributed by atoms with Crippen LogP contribution in [0.4, 0.5) is 19.3 Å². The highest BCUT2D eigenvalue weighted by Gasteiger charge is 2.60. The van der Waals surface area contributed by atoms with Gasteiger partial charge >= 0.3 is 6.09 Å². The molecule has 3 aliphatic rings. The number of amides is 3. The minimum absolute atomic E-state index is 0.0288. The van der Waals surface area contributed by atoms with Crippen LogP contribution in [0.2, 0.25) is 0 Å². The maximum absolute atomic E-state index is 14.5. The first kappa shape index (κ1) is 25.0. The van der Waals surface area contributed by atoms with Crippen molar-refractivity contribution in [1.82, 2.24) is 5.43 Å². The van der Waals surface area contributed by atoms with Crippen molar-refractivity contribution < 1.29 is 38.1 Å². The molecule has 1 aliphatic heterocycles. The van der Waals surface area contributed by atoms with Crippen LogP contribution < -0.4 is 10.3 Å². The summed E-state index contributed by atoms with van der Waals surface area (Å²) in [5.74, 6) is -6.51. The van der Waals surface area contributed by atoms with Crippen LogP contribution in [0, 0.1) is 35.3 Å². The lowest BCUT2D eigenvalue weighted by molar-refractivity contribution is -0.132. The molecule has 6 atom stereocenters. The highest BCUT2D eigenvalue weighted by Crippen LogP contribution is 2.50. The molecule has 0 bridgehead atoms. The summed E-state index contributed by atoms with van der Waals surface area (Å²) >= 11 is 0. The first-order valence-corrected chi connectivity index (χ1v) is 12.0. The molecule has 194 valence electrons. The van der Waals surface area contributed by atoms with Gasteiger partial charge in [0.2, 0.25) is 11.8 Å². The highest BCUT2D eigenvalue weighted by atomic mass is 19.1. The van der Waals surface area contributed by atoms with E-state index in [1.807, 2.05) is 18.2 Å². The molecule has 3 amide bonds. The Kier molecular flexibility index (Phi) is 6.74. The predicted octanol–water partition coefficient (Wildman–Crippen LogP) is 2.50. The molecule has 37 heavy (non-hydrogen) atoms. The molecule has 2 aliphatic carbocycles. The topological polar surface area (TPSA) is 129 Å². The largest absolute Gasteiger partial charge is 0.443 e. The average molecular weight is 513 g/mol. The number of aliphatic hydroxyl groups is 2. The molecule has 3 N–H and O–H groups in total. The molecular weight excluding hydrogens is 488 g/mol. The van der Waals surface area contributed by atoms with Crippen molar-refractivity contribution >= 4 is 29.3 Å². The fourth-order valence-electron chi connectivity index (χ4n) is 5.77. The van der Waals surface area contributed by atoms with Crippen LogP contribution in [0.25, 0.3) is 0 Å². The quantitative estimate of drug-likeness (QED) is 0.426. The minimum atomic E-state index is -1.34. The van der Waals surface area contributed by atoms with Crippen LogP contribution in [0.1, 0.15) is 24.8 Å². The second kappa shape index (κ2) is 9.98. The smallest absolute Gasteiger partial charge is 0.428 e. The number of nitrogens with one attached hydrogen (secondary N) is 1. The van der Waals surface area contributed by atoms with Gasteiger partial charge in [-0.25, -0.2) is 23.9 Å². The van der Waals surface area contributed by atoms with Crippen LogP contribution in [-0.2, 0) is 20.9 Å². The van der Waals surface area contributed by atoms with E-state index in [4.69, 9.17) is 4.74 Å². The predicted molar refractivity (Wildman–Crippen MR) is 126 cm³/mol. The van der Waals surface area contributed by atoms with E-state index in [2.05, 4.69) is 10.5 Å². The van der Waals surface area contributed by atoms with E-state index in [0.717, 1.165) is 17.7 Å². The Bertz CT molecular complexity index is 1260. The summed E-state index contributed by atoms with van der Waals surface area (Å²) in [6.45, 7) is 0.0288. The lowest BCUT2D eigenvalue weighted by Crippen LogP contribution is -2.55.